The summed E-state index contributed by atoms with van der Waals surface area (Å²) in [4.78, 5) is 0. The number of nitrogen functional groups attached to an aromatic ring is 1. The van der Waals surface area contributed by atoms with Crippen LogP contribution in [0.4, 0.5) is 5.69 Å². The second-order valence-corrected chi connectivity index (χ2v) is 3.74. The number of aryl methyl sites for hydroxylation is 1. The second-order valence-electron chi connectivity index (χ2n) is 3.74. The molecule has 0 saturated heterocycles. The fourth-order valence-corrected chi connectivity index (χ4v) is 1.91. The molecule has 1 heterocycles. The van der Waals surface area contributed by atoms with Crippen molar-refractivity contribution < 1.29 is 9.47 Å². The van der Waals surface area contributed by atoms with Crippen molar-refractivity contribution in [2.45, 2.75) is 19.4 Å². The second kappa shape index (κ2) is 3.50. The van der Waals surface area contributed by atoms with E-state index in [9.17, 15) is 0 Å². The van der Waals surface area contributed by atoms with Crippen LogP contribution in [0.5, 0.6) is 5.75 Å². The van der Waals surface area contributed by atoms with E-state index in [4.69, 9.17) is 15.2 Å². The average molecular weight is 193 g/mol. The number of rotatable bonds is 2. The Morgan fingerprint density at radius 2 is 2.36 bits per heavy atom. The molecule has 3 nitrogen and oxygen atoms in total. The molecule has 0 radical (unpaired) electrons. The van der Waals surface area contributed by atoms with Gasteiger partial charge in [-0.2, -0.15) is 0 Å². The molecule has 0 aliphatic carbocycles. The highest BCUT2D eigenvalue weighted by Gasteiger charge is 2.24. The zero-order valence-electron chi connectivity index (χ0n) is 8.54. The van der Waals surface area contributed by atoms with Crippen molar-refractivity contribution in [2.75, 3.05) is 19.5 Å². The monoisotopic (exact) mass is 193 g/mol. The first kappa shape index (κ1) is 9.34. The van der Waals surface area contributed by atoms with E-state index in [1.807, 2.05) is 13.0 Å². The third-order valence-corrected chi connectivity index (χ3v) is 2.42. The van der Waals surface area contributed by atoms with Crippen LogP contribution in [-0.4, -0.2) is 19.8 Å². The Bertz CT molecular complexity index is 349. The summed E-state index contributed by atoms with van der Waals surface area (Å²) < 4.78 is 10.7. The van der Waals surface area contributed by atoms with Crippen LogP contribution in [0.2, 0.25) is 0 Å². The van der Waals surface area contributed by atoms with Gasteiger partial charge in [0, 0.05) is 19.1 Å². The van der Waals surface area contributed by atoms with Crippen molar-refractivity contribution in [3.63, 3.8) is 0 Å². The van der Waals surface area contributed by atoms with Crippen LogP contribution < -0.4 is 10.5 Å². The molecule has 1 aromatic rings. The highest BCUT2D eigenvalue weighted by atomic mass is 16.5. The minimum Gasteiger partial charge on any atom is -0.485 e. The number of benzene rings is 1. The minimum absolute atomic E-state index is 0.124. The Morgan fingerprint density at radius 1 is 1.57 bits per heavy atom. The topological polar surface area (TPSA) is 44.5 Å². The van der Waals surface area contributed by atoms with E-state index in [-0.39, 0.29) is 6.10 Å². The summed E-state index contributed by atoms with van der Waals surface area (Å²) in [6, 6.07) is 4.06. The molecule has 0 aromatic heterocycles. The number of hydrogen-bond donors (Lipinski definition) is 1. The predicted octanol–water partition coefficient (Wildman–Crippen LogP) is 1.53. The van der Waals surface area contributed by atoms with Gasteiger partial charge in [0.1, 0.15) is 11.9 Å². The van der Waals surface area contributed by atoms with Crippen LogP contribution in [-0.2, 0) is 11.2 Å². The van der Waals surface area contributed by atoms with Crippen molar-refractivity contribution in [3.05, 3.63) is 23.3 Å². The lowest BCUT2D eigenvalue weighted by atomic mass is 10.1. The first-order chi connectivity index (χ1) is 6.70. The highest BCUT2D eigenvalue weighted by molar-refractivity contribution is 5.60. The van der Waals surface area contributed by atoms with E-state index < -0.39 is 0 Å². The molecule has 1 atom stereocenters. The number of methoxy groups -OCH3 is 1. The van der Waals surface area contributed by atoms with Crippen LogP contribution in [0, 0.1) is 6.92 Å². The Kier molecular flexibility index (Phi) is 2.33. The Labute approximate surface area is 83.8 Å². The number of nitrogens with two attached hydrogens (primary N) is 1. The van der Waals surface area contributed by atoms with Crippen molar-refractivity contribution >= 4 is 5.69 Å². The fraction of sp³-hybridized carbons (Fsp3) is 0.455. The number of ether oxygens (including phenoxy) is 2. The molecule has 2 rings (SSSR count). The van der Waals surface area contributed by atoms with Gasteiger partial charge in [0.25, 0.3) is 0 Å². The minimum atomic E-state index is 0.124. The molecule has 1 aliphatic rings. The third-order valence-electron chi connectivity index (χ3n) is 2.42. The lowest BCUT2D eigenvalue weighted by Gasteiger charge is -2.09. The summed E-state index contributed by atoms with van der Waals surface area (Å²) in [5, 5.41) is 0. The highest BCUT2D eigenvalue weighted by Crippen LogP contribution is 2.35. The molecule has 0 amide bonds. The summed E-state index contributed by atoms with van der Waals surface area (Å²) in [5.74, 6) is 0.845. The van der Waals surface area contributed by atoms with Crippen LogP contribution in [0.3, 0.4) is 0 Å². The molecule has 0 spiro atoms. The molecule has 1 aromatic carbocycles. The fourth-order valence-electron chi connectivity index (χ4n) is 1.91. The van der Waals surface area contributed by atoms with Gasteiger partial charge >= 0.3 is 0 Å². The maximum absolute atomic E-state index is 5.87. The maximum atomic E-state index is 5.87. The number of anilines is 1. The quantitative estimate of drug-likeness (QED) is 0.724. The molecular weight excluding hydrogens is 178 g/mol. The van der Waals surface area contributed by atoms with Gasteiger partial charge in [-0.15, -0.1) is 0 Å². The zero-order chi connectivity index (χ0) is 10.1. The van der Waals surface area contributed by atoms with E-state index in [1.165, 1.54) is 11.1 Å². The van der Waals surface area contributed by atoms with Crippen LogP contribution in [0.1, 0.15) is 11.1 Å². The van der Waals surface area contributed by atoms with Crippen molar-refractivity contribution in [1.82, 2.24) is 0 Å². The van der Waals surface area contributed by atoms with E-state index in [2.05, 4.69) is 6.07 Å². The lowest BCUT2D eigenvalue weighted by Crippen LogP contribution is -2.19. The Balaban J connectivity index is 2.26. The number of hydrogen-bond acceptors (Lipinski definition) is 3. The molecule has 14 heavy (non-hydrogen) atoms. The average Bonchev–Trinajstić information content (AvgIpc) is 2.48. The molecule has 0 bridgehead atoms. The van der Waals surface area contributed by atoms with Gasteiger partial charge in [-0.3, -0.25) is 0 Å². The normalized spacial score (nSPS) is 19.1. The first-order valence-electron chi connectivity index (χ1n) is 4.75. The molecule has 76 valence electrons. The van der Waals surface area contributed by atoms with E-state index in [0.717, 1.165) is 17.9 Å². The van der Waals surface area contributed by atoms with Gasteiger partial charge in [-0.25, -0.2) is 0 Å². The van der Waals surface area contributed by atoms with Crippen molar-refractivity contribution in [1.29, 1.82) is 0 Å². The first-order valence-corrected chi connectivity index (χ1v) is 4.75. The molecule has 2 N–H and O–H groups in total. The largest absolute Gasteiger partial charge is 0.485 e. The SMILES string of the molecule is COCC1Cc2cc(C)cc(N)c2O1. The molecule has 0 fully saturated rings. The zero-order valence-corrected chi connectivity index (χ0v) is 8.54. The standard InChI is InChI=1S/C11H15NO2/c1-7-3-8-5-9(6-13-2)14-11(8)10(12)4-7/h3-4,9H,5-6,12H2,1-2H3. The third kappa shape index (κ3) is 1.55. The van der Waals surface area contributed by atoms with Gasteiger partial charge in [0.05, 0.1) is 12.3 Å². The Hall–Kier alpha value is -1.22. The van der Waals surface area contributed by atoms with Crippen LogP contribution in [0.15, 0.2) is 12.1 Å². The van der Waals surface area contributed by atoms with Gasteiger partial charge in [0.2, 0.25) is 0 Å². The van der Waals surface area contributed by atoms with E-state index in [1.54, 1.807) is 7.11 Å². The molecule has 0 saturated carbocycles. The van der Waals surface area contributed by atoms with Crippen LogP contribution >= 0.6 is 0 Å². The molecule has 3 heteroatoms. The number of fused-ring (bicyclic) bond motifs is 1. The van der Waals surface area contributed by atoms with Gasteiger partial charge in [-0.05, 0) is 18.6 Å². The predicted molar refractivity (Wildman–Crippen MR) is 55.6 cm³/mol. The van der Waals surface area contributed by atoms with E-state index in [0.29, 0.717) is 6.61 Å². The smallest absolute Gasteiger partial charge is 0.146 e. The maximum Gasteiger partial charge on any atom is 0.146 e. The lowest BCUT2D eigenvalue weighted by molar-refractivity contribution is 0.0955. The summed E-state index contributed by atoms with van der Waals surface area (Å²) in [6.45, 7) is 2.66. The summed E-state index contributed by atoms with van der Waals surface area (Å²) in [6.07, 6.45) is 1.02. The van der Waals surface area contributed by atoms with Crippen molar-refractivity contribution in [2.24, 2.45) is 0 Å². The Morgan fingerprint density at radius 3 is 3.07 bits per heavy atom. The van der Waals surface area contributed by atoms with Gasteiger partial charge in [-0.1, -0.05) is 6.07 Å². The van der Waals surface area contributed by atoms with Gasteiger partial charge in [0.15, 0.2) is 0 Å². The molecular formula is C11H15NO2. The summed E-state index contributed by atoms with van der Waals surface area (Å²) in [7, 11) is 1.68. The molecule has 1 unspecified atom stereocenters. The summed E-state index contributed by atoms with van der Waals surface area (Å²) in [5.41, 5.74) is 8.98. The van der Waals surface area contributed by atoms with Crippen LogP contribution in [0.25, 0.3) is 0 Å². The van der Waals surface area contributed by atoms with E-state index >= 15 is 0 Å². The van der Waals surface area contributed by atoms with Gasteiger partial charge < -0.3 is 15.2 Å². The summed E-state index contributed by atoms with van der Waals surface area (Å²) >= 11 is 0. The molecule has 1 aliphatic heterocycles. The van der Waals surface area contributed by atoms with Crippen molar-refractivity contribution in [3.8, 4) is 5.75 Å².